The van der Waals surface area contributed by atoms with E-state index in [-0.39, 0.29) is 28.9 Å². The van der Waals surface area contributed by atoms with E-state index in [9.17, 15) is 18.4 Å². The molecule has 5 rings (SSSR count). The molecule has 0 unspecified atom stereocenters. The second-order valence-electron chi connectivity index (χ2n) is 7.47. The van der Waals surface area contributed by atoms with Crippen molar-refractivity contribution >= 4 is 34.3 Å². The van der Waals surface area contributed by atoms with Gasteiger partial charge in [-0.1, -0.05) is 23.9 Å². The minimum absolute atomic E-state index is 0.0996. The summed E-state index contributed by atoms with van der Waals surface area (Å²) in [5.74, 6) is -0.939. The van der Waals surface area contributed by atoms with Crippen LogP contribution in [0.1, 0.15) is 6.92 Å². The summed E-state index contributed by atoms with van der Waals surface area (Å²) in [6.07, 6.45) is 0. The van der Waals surface area contributed by atoms with E-state index in [4.69, 9.17) is 9.47 Å². The highest BCUT2D eigenvalue weighted by Crippen LogP contribution is 2.34. The van der Waals surface area contributed by atoms with Crippen LogP contribution in [0.2, 0.25) is 0 Å². The third-order valence-electron chi connectivity index (χ3n) is 5.19. The van der Waals surface area contributed by atoms with Gasteiger partial charge in [0.2, 0.25) is 12.7 Å². The fourth-order valence-corrected chi connectivity index (χ4v) is 4.42. The number of halogens is 2. The molecule has 0 bridgehead atoms. The molecule has 1 atom stereocenters. The number of aromatic nitrogens is 2. The van der Waals surface area contributed by atoms with Crippen LogP contribution in [0.15, 0.2) is 70.6 Å². The van der Waals surface area contributed by atoms with Crippen LogP contribution in [-0.2, 0) is 4.79 Å². The highest BCUT2D eigenvalue weighted by Gasteiger charge is 2.23. The monoisotopic (exact) mass is 481 g/mol. The SMILES string of the molecule is C[C@H](Sc1nc2ccccc2c(=O)n1-c1ccc(F)cc1F)C(=O)Nc1ccc2c(c1)OCO2. The van der Waals surface area contributed by atoms with Crippen LogP contribution in [0.4, 0.5) is 14.5 Å². The van der Waals surface area contributed by atoms with Crippen LogP contribution < -0.4 is 20.3 Å². The van der Waals surface area contributed by atoms with Crippen LogP contribution in [0.5, 0.6) is 11.5 Å². The molecule has 7 nitrogen and oxygen atoms in total. The predicted octanol–water partition coefficient (Wildman–Crippen LogP) is 4.51. The Morgan fingerprint density at radius 2 is 1.88 bits per heavy atom. The molecule has 1 N–H and O–H groups in total. The van der Waals surface area contributed by atoms with E-state index in [0.29, 0.717) is 28.8 Å². The van der Waals surface area contributed by atoms with Gasteiger partial charge in [-0.3, -0.25) is 14.2 Å². The Balaban J connectivity index is 1.50. The quantitative estimate of drug-likeness (QED) is 0.334. The largest absolute Gasteiger partial charge is 0.454 e. The van der Waals surface area contributed by atoms with Gasteiger partial charge < -0.3 is 14.8 Å². The van der Waals surface area contributed by atoms with Gasteiger partial charge in [-0.25, -0.2) is 13.8 Å². The van der Waals surface area contributed by atoms with Crippen LogP contribution in [0.3, 0.4) is 0 Å². The maximum Gasteiger partial charge on any atom is 0.266 e. The normalized spacial score (nSPS) is 13.1. The van der Waals surface area contributed by atoms with Gasteiger partial charge in [0.25, 0.3) is 5.56 Å². The first-order chi connectivity index (χ1) is 16.4. The van der Waals surface area contributed by atoms with Crippen molar-refractivity contribution in [1.29, 1.82) is 0 Å². The molecule has 3 aromatic carbocycles. The van der Waals surface area contributed by atoms with E-state index in [0.717, 1.165) is 22.4 Å². The number of amides is 1. The van der Waals surface area contributed by atoms with Crippen molar-refractivity contribution in [2.75, 3.05) is 12.1 Å². The number of thioether (sulfide) groups is 1. The topological polar surface area (TPSA) is 82.5 Å². The summed E-state index contributed by atoms with van der Waals surface area (Å²) in [5.41, 5.74) is 0.227. The summed E-state index contributed by atoms with van der Waals surface area (Å²) in [5, 5.41) is 2.44. The van der Waals surface area contributed by atoms with Crippen molar-refractivity contribution < 1.29 is 23.0 Å². The van der Waals surface area contributed by atoms with E-state index in [1.54, 1.807) is 49.4 Å². The Bertz CT molecular complexity index is 1490. The number of nitrogens with zero attached hydrogens (tertiary/aromatic N) is 2. The zero-order valence-electron chi connectivity index (χ0n) is 17.7. The molecule has 1 aliphatic heterocycles. The lowest BCUT2D eigenvalue weighted by Crippen LogP contribution is -2.26. The molecule has 1 aliphatic rings. The maximum atomic E-state index is 14.7. The fourth-order valence-electron chi connectivity index (χ4n) is 3.50. The van der Waals surface area contributed by atoms with Crippen LogP contribution in [-0.4, -0.2) is 27.5 Å². The van der Waals surface area contributed by atoms with Gasteiger partial charge in [0.1, 0.15) is 11.6 Å². The Kier molecular flexibility index (Phi) is 5.66. The van der Waals surface area contributed by atoms with Gasteiger partial charge >= 0.3 is 0 Å². The number of ether oxygens (including phenoxy) is 2. The van der Waals surface area contributed by atoms with Crippen molar-refractivity contribution in [2.24, 2.45) is 0 Å². The lowest BCUT2D eigenvalue weighted by Gasteiger charge is -2.17. The third-order valence-corrected chi connectivity index (χ3v) is 6.24. The number of fused-ring (bicyclic) bond motifs is 2. The van der Waals surface area contributed by atoms with Crippen molar-refractivity contribution in [2.45, 2.75) is 17.3 Å². The van der Waals surface area contributed by atoms with Crippen molar-refractivity contribution in [3.8, 4) is 17.2 Å². The molecule has 172 valence electrons. The molecule has 4 aromatic rings. The van der Waals surface area contributed by atoms with E-state index < -0.39 is 22.4 Å². The average molecular weight is 481 g/mol. The molecule has 0 spiro atoms. The minimum atomic E-state index is -0.918. The van der Waals surface area contributed by atoms with Gasteiger partial charge in [0, 0.05) is 17.8 Å². The zero-order chi connectivity index (χ0) is 23.8. The number of anilines is 1. The number of hydrogen-bond acceptors (Lipinski definition) is 6. The molecule has 10 heteroatoms. The Hall–Kier alpha value is -3.92. The average Bonchev–Trinajstić information content (AvgIpc) is 3.28. The Labute approximate surface area is 196 Å². The van der Waals surface area contributed by atoms with Gasteiger partial charge in [-0.2, -0.15) is 0 Å². The van der Waals surface area contributed by atoms with Gasteiger partial charge in [-0.15, -0.1) is 0 Å². The van der Waals surface area contributed by atoms with Crippen LogP contribution in [0.25, 0.3) is 16.6 Å². The minimum Gasteiger partial charge on any atom is -0.454 e. The van der Waals surface area contributed by atoms with Crippen LogP contribution in [0, 0.1) is 11.6 Å². The molecule has 0 fully saturated rings. The third kappa shape index (κ3) is 4.08. The number of benzene rings is 3. The molecular weight excluding hydrogens is 464 g/mol. The smallest absolute Gasteiger partial charge is 0.266 e. The zero-order valence-corrected chi connectivity index (χ0v) is 18.6. The number of nitrogens with one attached hydrogen (secondary N) is 1. The summed E-state index contributed by atoms with van der Waals surface area (Å²) in [6, 6.07) is 14.6. The number of rotatable bonds is 5. The van der Waals surface area contributed by atoms with Crippen molar-refractivity contribution in [3.63, 3.8) is 0 Å². The summed E-state index contributed by atoms with van der Waals surface area (Å²) < 4.78 is 39.8. The predicted molar refractivity (Wildman–Crippen MR) is 124 cm³/mol. The number of hydrogen-bond donors (Lipinski definition) is 1. The lowest BCUT2D eigenvalue weighted by atomic mass is 10.2. The molecule has 34 heavy (non-hydrogen) atoms. The Morgan fingerprint density at radius 1 is 1.09 bits per heavy atom. The maximum absolute atomic E-state index is 14.7. The number of para-hydroxylation sites is 1. The molecule has 0 saturated heterocycles. The van der Waals surface area contributed by atoms with Gasteiger partial charge in [0.15, 0.2) is 16.7 Å². The molecule has 1 aromatic heterocycles. The second kappa shape index (κ2) is 8.79. The summed E-state index contributed by atoms with van der Waals surface area (Å²) >= 11 is 0.983. The fraction of sp³-hybridized carbons (Fsp3) is 0.125. The second-order valence-corrected chi connectivity index (χ2v) is 8.77. The highest BCUT2D eigenvalue weighted by atomic mass is 32.2. The number of carbonyl (C=O) groups is 1. The van der Waals surface area contributed by atoms with Crippen molar-refractivity contribution in [3.05, 3.63) is 82.7 Å². The lowest BCUT2D eigenvalue weighted by molar-refractivity contribution is -0.115. The standard InChI is InChI=1S/C24H17F2N3O4S/c1-13(22(30)27-15-7-9-20-21(11-15)33-12-32-20)34-24-28-18-5-3-2-4-16(18)23(31)29(24)19-8-6-14(25)10-17(19)26/h2-11,13H,12H2,1H3,(H,27,30)/t13-/m0/s1. The highest BCUT2D eigenvalue weighted by molar-refractivity contribution is 8.00. The molecule has 0 radical (unpaired) electrons. The first-order valence-corrected chi connectivity index (χ1v) is 11.1. The molecule has 0 saturated carbocycles. The Morgan fingerprint density at radius 3 is 2.71 bits per heavy atom. The van der Waals surface area contributed by atoms with Gasteiger partial charge in [-0.05, 0) is 43.3 Å². The molecule has 1 amide bonds. The van der Waals surface area contributed by atoms with E-state index in [1.807, 2.05) is 0 Å². The summed E-state index contributed by atoms with van der Waals surface area (Å²) in [4.78, 5) is 30.6. The summed E-state index contributed by atoms with van der Waals surface area (Å²) in [7, 11) is 0. The van der Waals surface area contributed by atoms with E-state index >= 15 is 0 Å². The molecule has 2 heterocycles. The van der Waals surface area contributed by atoms with Crippen LogP contribution >= 0.6 is 11.8 Å². The first-order valence-electron chi connectivity index (χ1n) is 10.2. The van der Waals surface area contributed by atoms with E-state index in [1.165, 1.54) is 6.07 Å². The summed E-state index contributed by atoms with van der Waals surface area (Å²) in [6.45, 7) is 1.75. The van der Waals surface area contributed by atoms with Crippen molar-refractivity contribution in [1.82, 2.24) is 9.55 Å². The number of carbonyl (C=O) groups excluding carboxylic acids is 1. The molecular formula is C24H17F2N3O4S. The van der Waals surface area contributed by atoms with E-state index in [2.05, 4.69) is 10.3 Å². The van der Waals surface area contributed by atoms with Gasteiger partial charge in [0.05, 0.1) is 21.8 Å². The molecule has 0 aliphatic carbocycles. The first kappa shape index (κ1) is 21.9.